The van der Waals surface area contributed by atoms with Crippen LogP contribution in [0.2, 0.25) is 0 Å². The van der Waals surface area contributed by atoms with Crippen LogP contribution in [-0.4, -0.2) is 28.5 Å². The topological polar surface area (TPSA) is 79.9 Å². The van der Waals surface area contributed by atoms with Gasteiger partial charge in [-0.1, -0.05) is 20.8 Å². The quantitative estimate of drug-likeness (QED) is 0.757. The van der Waals surface area contributed by atoms with E-state index in [1.54, 1.807) is 12.1 Å². The predicted molar refractivity (Wildman–Crippen MR) is 112 cm³/mol. The molecule has 29 heavy (non-hydrogen) atoms. The number of aliphatic hydroxyl groups excluding tert-OH is 1. The average molecular weight is 401 g/mol. The van der Waals surface area contributed by atoms with Crippen molar-refractivity contribution in [1.82, 2.24) is 0 Å². The third-order valence-corrected chi connectivity index (χ3v) is 8.26. The predicted octanol–water partition coefficient (Wildman–Crippen LogP) is 4.14. The molecular weight excluding hydrogens is 368 g/mol. The van der Waals surface area contributed by atoms with Gasteiger partial charge in [-0.15, -0.1) is 0 Å². The van der Waals surface area contributed by atoms with Crippen LogP contribution >= 0.6 is 0 Å². The summed E-state index contributed by atoms with van der Waals surface area (Å²) in [6.07, 6.45) is 3.03. The summed E-state index contributed by atoms with van der Waals surface area (Å²) in [6, 6.07) is 8.61. The van der Waals surface area contributed by atoms with Gasteiger partial charge in [0, 0.05) is 23.4 Å². The van der Waals surface area contributed by atoms with Crippen molar-refractivity contribution in [2.75, 3.05) is 6.61 Å². The zero-order valence-electron chi connectivity index (χ0n) is 17.8. The van der Waals surface area contributed by atoms with Crippen LogP contribution in [0.5, 0.6) is 5.75 Å². The van der Waals surface area contributed by atoms with Gasteiger partial charge in [-0.3, -0.25) is 0 Å². The minimum absolute atomic E-state index is 0.00623. The highest BCUT2D eigenvalue weighted by atomic mass is 16.5. The Labute approximate surface area is 171 Å². The number of ether oxygens (including phenoxy) is 1. The van der Waals surface area contributed by atoms with Crippen molar-refractivity contribution in [2.45, 2.75) is 65.1 Å². The summed E-state index contributed by atoms with van der Waals surface area (Å²) in [4.78, 5) is 11.5. The molecule has 5 atom stereocenters. The molecule has 2 fully saturated rings. The molecule has 2 aliphatic rings. The Morgan fingerprint density at radius 1 is 1.10 bits per heavy atom. The van der Waals surface area contributed by atoms with Crippen LogP contribution in [0.4, 0.5) is 0 Å². The highest BCUT2D eigenvalue weighted by Crippen LogP contribution is 2.62. The molecule has 0 unspecified atom stereocenters. The van der Waals surface area contributed by atoms with Crippen LogP contribution in [0, 0.1) is 22.7 Å². The van der Waals surface area contributed by atoms with E-state index in [0.717, 1.165) is 24.6 Å². The second kappa shape index (κ2) is 6.85. The minimum atomic E-state index is -0.892. The summed E-state index contributed by atoms with van der Waals surface area (Å²) < 4.78 is 11.3. The maximum atomic E-state index is 11.7. The van der Waals surface area contributed by atoms with Gasteiger partial charge in [0.05, 0.1) is 18.3 Å². The van der Waals surface area contributed by atoms with E-state index in [9.17, 15) is 15.0 Å². The highest BCUT2D eigenvalue weighted by Gasteiger charge is 2.62. The number of aliphatic hydroxyl groups is 2. The molecule has 5 heteroatoms. The number of hydrogen-bond acceptors (Lipinski definition) is 5. The van der Waals surface area contributed by atoms with Crippen LogP contribution < -0.4 is 10.4 Å². The summed E-state index contributed by atoms with van der Waals surface area (Å²) in [7, 11) is 0. The van der Waals surface area contributed by atoms with Gasteiger partial charge in [0.1, 0.15) is 11.3 Å². The van der Waals surface area contributed by atoms with E-state index < -0.39 is 5.60 Å². The Morgan fingerprint density at radius 2 is 1.83 bits per heavy atom. The Hall–Kier alpha value is -1.85. The lowest BCUT2D eigenvalue weighted by molar-refractivity contribution is -0.227. The van der Waals surface area contributed by atoms with E-state index in [1.807, 2.05) is 19.1 Å². The molecule has 0 spiro atoms. The third-order valence-electron chi connectivity index (χ3n) is 8.26. The first kappa shape index (κ1) is 20.4. The van der Waals surface area contributed by atoms with Gasteiger partial charge in [-0.05, 0) is 67.6 Å². The standard InChI is InChI=1S/C24H32O5/c1-22(2)19-9-7-16(24(4,27)23(19,3)12-11-20(22)25)14-28-17-8-5-15-6-10-21(26)29-18(15)13-17/h5-6,8,10,13,16,19-20,25,27H,7,9,11-12,14H2,1-4H3/t16-,19-,20+,23+,24+/m1/s1. The van der Waals surface area contributed by atoms with Crippen LogP contribution in [0.1, 0.15) is 53.4 Å². The number of rotatable bonds is 3. The lowest BCUT2D eigenvalue weighted by atomic mass is 9.44. The highest BCUT2D eigenvalue weighted by molar-refractivity contribution is 5.77. The number of hydrogen-bond donors (Lipinski definition) is 2. The average Bonchev–Trinajstić information content (AvgIpc) is 2.65. The molecule has 158 valence electrons. The van der Waals surface area contributed by atoms with Crippen LogP contribution in [0.15, 0.2) is 39.5 Å². The fraction of sp³-hybridized carbons (Fsp3) is 0.625. The molecule has 0 bridgehead atoms. The van der Waals surface area contributed by atoms with Gasteiger partial charge in [0.15, 0.2) is 0 Å². The normalized spacial score (nSPS) is 36.6. The Morgan fingerprint density at radius 3 is 2.59 bits per heavy atom. The van der Waals surface area contributed by atoms with Gasteiger partial charge in [-0.25, -0.2) is 4.79 Å². The molecule has 0 radical (unpaired) electrons. The molecule has 2 aromatic rings. The van der Waals surface area contributed by atoms with E-state index in [4.69, 9.17) is 9.15 Å². The maximum absolute atomic E-state index is 11.7. The Balaban J connectivity index is 1.54. The lowest BCUT2D eigenvalue weighted by Gasteiger charge is -2.63. The van der Waals surface area contributed by atoms with Crippen LogP contribution in [-0.2, 0) is 0 Å². The molecule has 1 heterocycles. The van der Waals surface area contributed by atoms with Crippen molar-refractivity contribution in [3.05, 3.63) is 40.8 Å². The van der Waals surface area contributed by atoms with Gasteiger partial charge in [0.2, 0.25) is 0 Å². The molecule has 5 nitrogen and oxygen atoms in total. The summed E-state index contributed by atoms with van der Waals surface area (Å²) in [5.74, 6) is 0.891. The molecule has 0 amide bonds. The molecule has 1 aromatic heterocycles. The van der Waals surface area contributed by atoms with Crippen molar-refractivity contribution in [3.63, 3.8) is 0 Å². The summed E-state index contributed by atoms with van der Waals surface area (Å²) >= 11 is 0. The first-order valence-corrected chi connectivity index (χ1v) is 10.6. The van der Waals surface area contributed by atoms with E-state index in [2.05, 4.69) is 20.8 Å². The number of benzene rings is 1. The zero-order valence-corrected chi connectivity index (χ0v) is 17.8. The molecule has 1 aromatic carbocycles. The molecule has 0 aliphatic heterocycles. The SMILES string of the molecule is CC1(C)[C@H]2CC[C@H](COc3ccc4ccc(=O)oc4c3)[C@](C)(O)[C@@]2(C)CC[C@@H]1O. The second-order valence-corrected chi connectivity index (χ2v) is 10.0. The molecule has 2 aliphatic carbocycles. The van der Waals surface area contributed by atoms with Crippen LogP contribution in [0.25, 0.3) is 11.0 Å². The molecule has 2 N–H and O–H groups in total. The first-order valence-electron chi connectivity index (χ1n) is 10.6. The van der Waals surface area contributed by atoms with Crippen LogP contribution in [0.3, 0.4) is 0 Å². The fourth-order valence-corrected chi connectivity index (χ4v) is 6.02. The lowest BCUT2D eigenvalue weighted by Crippen LogP contribution is -2.64. The van der Waals surface area contributed by atoms with Crippen molar-refractivity contribution in [2.24, 2.45) is 22.7 Å². The Kier molecular flexibility index (Phi) is 4.82. The smallest absolute Gasteiger partial charge is 0.336 e. The minimum Gasteiger partial charge on any atom is -0.493 e. The van der Waals surface area contributed by atoms with Gasteiger partial charge < -0.3 is 19.4 Å². The third kappa shape index (κ3) is 3.19. The monoisotopic (exact) mass is 400 g/mol. The fourth-order valence-electron chi connectivity index (χ4n) is 6.02. The summed E-state index contributed by atoms with van der Waals surface area (Å²) in [5, 5.41) is 23.1. The van der Waals surface area contributed by atoms with E-state index in [1.165, 1.54) is 6.07 Å². The summed E-state index contributed by atoms with van der Waals surface area (Å²) in [5.41, 5.74) is -1.25. The van der Waals surface area contributed by atoms with E-state index in [0.29, 0.717) is 24.4 Å². The Bertz CT molecular complexity index is 959. The van der Waals surface area contributed by atoms with Crippen molar-refractivity contribution in [1.29, 1.82) is 0 Å². The van der Waals surface area contributed by atoms with Gasteiger partial charge in [0.25, 0.3) is 0 Å². The van der Waals surface area contributed by atoms with E-state index >= 15 is 0 Å². The summed E-state index contributed by atoms with van der Waals surface area (Å²) in [6.45, 7) is 8.80. The van der Waals surface area contributed by atoms with Crippen molar-refractivity contribution >= 4 is 11.0 Å². The molecule has 4 rings (SSSR count). The maximum Gasteiger partial charge on any atom is 0.336 e. The van der Waals surface area contributed by atoms with Crippen molar-refractivity contribution < 1.29 is 19.4 Å². The first-order chi connectivity index (χ1) is 13.6. The van der Waals surface area contributed by atoms with Crippen molar-refractivity contribution in [3.8, 4) is 5.75 Å². The van der Waals surface area contributed by atoms with Gasteiger partial charge in [-0.2, -0.15) is 0 Å². The molecule has 2 saturated carbocycles. The van der Waals surface area contributed by atoms with E-state index in [-0.39, 0.29) is 34.4 Å². The second-order valence-electron chi connectivity index (χ2n) is 10.0. The van der Waals surface area contributed by atoms with Gasteiger partial charge >= 0.3 is 5.63 Å². The molecule has 0 saturated heterocycles. The molecular formula is C24H32O5. The number of fused-ring (bicyclic) bond motifs is 2. The zero-order chi connectivity index (χ0) is 21.0. The largest absolute Gasteiger partial charge is 0.493 e.